The van der Waals surface area contributed by atoms with E-state index in [0.717, 1.165) is 16.7 Å². The van der Waals surface area contributed by atoms with E-state index in [1.165, 1.54) is 0 Å². The molecule has 0 bridgehead atoms. The highest BCUT2D eigenvalue weighted by Gasteiger charge is 2.28. The zero-order chi connectivity index (χ0) is 27.3. The van der Waals surface area contributed by atoms with Gasteiger partial charge >= 0.3 is 0 Å². The van der Waals surface area contributed by atoms with Crippen LogP contribution in [0.5, 0.6) is 5.75 Å². The molecule has 0 fully saturated rings. The van der Waals surface area contributed by atoms with Crippen molar-refractivity contribution < 1.29 is 23.5 Å². The molecule has 0 radical (unpaired) electrons. The first-order chi connectivity index (χ1) is 18.4. The molecular formula is C30H34FN3O4. The largest absolute Gasteiger partial charge is 0.489 e. The maximum absolute atomic E-state index is 13.4. The summed E-state index contributed by atoms with van der Waals surface area (Å²) in [7, 11) is 0. The number of pyridine rings is 1. The summed E-state index contributed by atoms with van der Waals surface area (Å²) in [5, 5.41) is 5.41. The third-order valence-electron chi connectivity index (χ3n) is 6.08. The van der Waals surface area contributed by atoms with Gasteiger partial charge in [0.05, 0.1) is 6.04 Å². The van der Waals surface area contributed by atoms with E-state index in [-0.39, 0.29) is 24.7 Å². The van der Waals surface area contributed by atoms with Crippen LogP contribution in [0.25, 0.3) is 0 Å². The van der Waals surface area contributed by atoms with Gasteiger partial charge in [-0.05, 0) is 53.6 Å². The lowest BCUT2D eigenvalue weighted by Crippen LogP contribution is -2.54. The smallest absolute Gasteiger partial charge is 0.243 e. The van der Waals surface area contributed by atoms with E-state index in [9.17, 15) is 18.8 Å². The van der Waals surface area contributed by atoms with Gasteiger partial charge < -0.3 is 15.4 Å². The number of ketones is 1. The van der Waals surface area contributed by atoms with Crippen molar-refractivity contribution in [2.75, 3.05) is 6.67 Å². The molecule has 3 rings (SSSR count). The highest BCUT2D eigenvalue weighted by Crippen LogP contribution is 2.16. The highest BCUT2D eigenvalue weighted by atomic mass is 19.1. The van der Waals surface area contributed by atoms with Crippen molar-refractivity contribution in [2.45, 2.75) is 51.8 Å². The monoisotopic (exact) mass is 519 g/mol. The quantitative estimate of drug-likeness (QED) is 0.336. The second kappa shape index (κ2) is 14.6. The number of nitrogens with zero attached hydrogens (tertiary/aromatic N) is 1. The van der Waals surface area contributed by atoms with Crippen LogP contribution in [0.2, 0.25) is 0 Å². The number of hydrogen-bond acceptors (Lipinski definition) is 5. The molecule has 0 aliphatic rings. The average Bonchev–Trinajstić information content (AvgIpc) is 2.94. The Labute approximate surface area is 222 Å². The van der Waals surface area contributed by atoms with E-state index in [1.54, 1.807) is 56.6 Å². The molecule has 2 aromatic carbocycles. The third kappa shape index (κ3) is 9.10. The van der Waals surface area contributed by atoms with Gasteiger partial charge in [-0.15, -0.1) is 0 Å². The lowest BCUT2D eigenvalue weighted by molar-refractivity contribution is -0.132. The highest BCUT2D eigenvalue weighted by molar-refractivity contribution is 5.93. The van der Waals surface area contributed by atoms with Gasteiger partial charge in [0.1, 0.15) is 25.1 Å². The number of aryl methyl sites for hydroxylation is 1. The van der Waals surface area contributed by atoms with Gasteiger partial charge in [0, 0.05) is 18.8 Å². The molecule has 1 aromatic heterocycles. The number of carbonyl (C=O) groups excluding carboxylic acids is 3. The van der Waals surface area contributed by atoms with Gasteiger partial charge in [-0.25, -0.2) is 4.39 Å². The molecule has 0 aliphatic heterocycles. The van der Waals surface area contributed by atoms with Crippen molar-refractivity contribution >= 4 is 17.6 Å². The fourth-order valence-corrected chi connectivity index (χ4v) is 3.88. The summed E-state index contributed by atoms with van der Waals surface area (Å²) in [5.74, 6) is -1.12. The van der Waals surface area contributed by atoms with Gasteiger partial charge in [0.15, 0.2) is 5.78 Å². The molecule has 0 saturated carbocycles. The molecule has 38 heavy (non-hydrogen) atoms. The summed E-state index contributed by atoms with van der Waals surface area (Å²) in [6.07, 6.45) is 4.14. The van der Waals surface area contributed by atoms with E-state index in [2.05, 4.69) is 15.6 Å². The van der Waals surface area contributed by atoms with Gasteiger partial charge in [0.25, 0.3) is 0 Å². The molecule has 1 heterocycles. The normalized spacial score (nSPS) is 12.4. The van der Waals surface area contributed by atoms with E-state index in [4.69, 9.17) is 4.74 Å². The number of Topliss-reactive ketones (excluding diaryl/α,β-unsaturated/α-hetero) is 1. The number of ether oxygens (including phenoxy) is 1. The Bertz CT molecular complexity index is 1170. The van der Waals surface area contributed by atoms with Gasteiger partial charge in [-0.1, -0.05) is 62.4 Å². The van der Waals surface area contributed by atoms with Crippen LogP contribution in [0, 0.1) is 5.92 Å². The minimum atomic E-state index is -1.20. The Balaban J connectivity index is 1.57. The molecule has 200 valence electrons. The lowest BCUT2D eigenvalue weighted by atomic mass is 9.99. The summed E-state index contributed by atoms with van der Waals surface area (Å²) in [4.78, 5) is 42.0. The van der Waals surface area contributed by atoms with Crippen LogP contribution >= 0.6 is 0 Å². The van der Waals surface area contributed by atoms with Crippen molar-refractivity contribution in [1.82, 2.24) is 15.6 Å². The zero-order valence-corrected chi connectivity index (χ0v) is 21.7. The minimum absolute atomic E-state index is 0.118. The van der Waals surface area contributed by atoms with Crippen LogP contribution in [0.4, 0.5) is 4.39 Å². The van der Waals surface area contributed by atoms with Crippen LogP contribution in [-0.2, 0) is 33.8 Å². The van der Waals surface area contributed by atoms with Gasteiger partial charge in [-0.3, -0.25) is 19.4 Å². The number of benzene rings is 2. The van der Waals surface area contributed by atoms with E-state index in [0.29, 0.717) is 18.8 Å². The first-order valence-electron chi connectivity index (χ1n) is 12.7. The second-order valence-corrected chi connectivity index (χ2v) is 9.43. The molecule has 7 nitrogen and oxygen atoms in total. The molecule has 0 saturated heterocycles. The van der Waals surface area contributed by atoms with Crippen LogP contribution in [0.15, 0.2) is 79.1 Å². The maximum atomic E-state index is 13.4. The van der Waals surface area contributed by atoms with Crippen molar-refractivity contribution in [3.63, 3.8) is 0 Å². The van der Waals surface area contributed by atoms with Crippen molar-refractivity contribution in [3.05, 3.63) is 95.8 Å². The summed E-state index contributed by atoms with van der Waals surface area (Å²) in [6.45, 7) is 2.81. The first-order valence-corrected chi connectivity index (χ1v) is 12.7. The van der Waals surface area contributed by atoms with Crippen molar-refractivity contribution in [3.8, 4) is 5.75 Å². The molecule has 3 aromatic rings. The number of carbonyl (C=O) groups is 3. The lowest BCUT2D eigenvalue weighted by Gasteiger charge is -2.25. The number of hydrogen-bond donors (Lipinski definition) is 2. The molecule has 2 atom stereocenters. The maximum Gasteiger partial charge on any atom is 0.243 e. The summed E-state index contributed by atoms with van der Waals surface area (Å²) in [6, 6.07) is 18.6. The minimum Gasteiger partial charge on any atom is -0.489 e. The van der Waals surface area contributed by atoms with Crippen LogP contribution in [-0.4, -0.2) is 41.3 Å². The Morgan fingerprint density at radius 3 is 2.24 bits per heavy atom. The number of rotatable bonds is 14. The van der Waals surface area contributed by atoms with Gasteiger partial charge in [-0.2, -0.15) is 0 Å². The molecule has 2 unspecified atom stereocenters. The van der Waals surface area contributed by atoms with Gasteiger partial charge in [0.2, 0.25) is 11.8 Å². The van der Waals surface area contributed by atoms with Crippen molar-refractivity contribution in [2.24, 2.45) is 5.92 Å². The third-order valence-corrected chi connectivity index (χ3v) is 6.08. The second-order valence-electron chi connectivity index (χ2n) is 9.43. The molecule has 2 amide bonds. The topological polar surface area (TPSA) is 97.4 Å². The molecule has 8 heteroatoms. The predicted molar refractivity (Wildman–Crippen MR) is 143 cm³/mol. The number of aromatic nitrogens is 1. The van der Waals surface area contributed by atoms with E-state index in [1.807, 2.05) is 36.4 Å². The molecular weight excluding hydrogens is 485 g/mol. The molecule has 0 aliphatic carbocycles. The summed E-state index contributed by atoms with van der Waals surface area (Å²) in [5.41, 5.74) is 2.70. The first kappa shape index (κ1) is 28.5. The number of halogens is 1. The number of amides is 2. The standard InChI is InChI=1S/C30H34FN3O4/c1-21(2)29(34-28(36)15-12-23-9-6-16-32-19-23)30(37)33-26(27(35)18-31)17-22-10-13-25(14-11-22)38-20-24-7-4-3-5-8-24/h3-11,13-14,16,19,21,26,29H,12,15,17-18,20H2,1-2H3,(H,33,37)(H,34,36). The number of alkyl halides is 1. The Hall–Kier alpha value is -4.07. The fraction of sp³-hybridized carbons (Fsp3) is 0.333. The summed E-state index contributed by atoms with van der Waals surface area (Å²) >= 11 is 0. The number of nitrogens with one attached hydrogen (secondary N) is 2. The van der Waals surface area contributed by atoms with E-state index >= 15 is 0 Å². The molecule has 2 N–H and O–H groups in total. The predicted octanol–water partition coefficient (Wildman–Crippen LogP) is 4.00. The Morgan fingerprint density at radius 1 is 0.895 bits per heavy atom. The van der Waals surface area contributed by atoms with E-state index < -0.39 is 30.4 Å². The van der Waals surface area contributed by atoms with Crippen LogP contribution < -0.4 is 15.4 Å². The fourth-order valence-electron chi connectivity index (χ4n) is 3.88. The van der Waals surface area contributed by atoms with Crippen LogP contribution in [0.1, 0.15) is 37.0 Å². The Morgan fingerprint density at radius 2 is 1.61 bits per heavy atom. The van der Waals surface area contributed by atoms with Crippen molar-refractivity contribution in [1.29, 1.82) is 0 Å². The zero-order valence-electron chi connectivity index (χ0n) is 21.7. The summed E-state index contributed by atoms with van der Waals surface area (Å²) < 4.78 is 19.1. The SMILES string of the molecule is CC(C)C(NC(=O)CCc1cccnc1)C(=O)NC(Cc1ccc(OCc2ccccc2)cc1)C(=O)CF. The average molecular weight is 520 g/mol. The molecule has 0 spiro atoms. The van der Waals surface area contributed by atoms with Crippen LogP contribution in [0.3, 0.4) is 0 Å². The Kier molecular flexibility index (Phi) is 11.0.